The monoisotopic (exact) mass is 277 g/mol. The van der Waals surface area contributed by atoms with E-state index in [4.69, 9.17) is 0 Å². The van der Waals surface area contributed by atoms with Gasteiger partial charge in [0.25, 0.3) is 0 Å². The fourth-order valence-corrected chi connectivity index (χ4v) is 2.47. The van der Waals surface area contributed by atoms with Crippen molar-refractivity contribution in [2.45, 2.75) is 5.60 Å². The third-order valence-electron chi connectivity index (χ3n) is 3.51. The Morgan fingerprint density at radius 2 is 1.24 bits per heavy atom. The van der Waals surface area contributed by atoms with Crippen molar-refractivity contribution in [3.8, 4) is 5.75 Å². The molecule has 0 saturated carbocycles. The number of rotatable bonds is 3. The molecule has 2 aromatic carbocycles. The Hall–Kier alpha value is -2.65. The van der Waals surface area contributed by atoms with Gasteiger partial charge in [0.05, 0.1) is 0 Å². The highest BCUT2D eigenvalue weighted by Crippen LogP contribution is 2.38. The van der Waals surface area contributed by atoms with Crippen molar-refractivity contribution in [1.29, 1.82) is 0 Å². The molecule has 0 radical (unpaired) electrons. The summed E-state index contributed by atoms with van der Waals surface area (Å²) in [6.45, 7) is 0. The molecule has 0 bridgehead atoms. The lowest BCUT2D eigenvalue weighted by molar-refractivity contribution is 0.117. The molecule has 1 heterocycles. The van der Waals surface area contributed by atoms with E-state index in [9.17, 15) is 10.2 Å². The number of aromatic hydroxyl groups is 1. The van der Waals surface area contributed by atoms with Crippen LogP contribution in [0.2, 0.25) is 0 Å². The number of benzene rings is 2. The Bertz CT molecular complexity index is 687. The lowest BCUT2D eigenvalue weighted by atomic mass is 9.83. The first-order chi connectivity index (χ1) is 10.2. The third kappa shape index (κ3) is 2.28. The molecule has 1 aromatic heterocycles. The number of aliphatic hydroxyl groups is 1. The molecule has 3 rings (SSSR count). The van der Waals surface area contributed by atoms with Gasteiger partial charge in [-0.2, -0.15) is 0 Å². The molecule has 21 heavy (non-hydrogen) atoms. The Kier molecular flexibility index (Phi) is 3.42. The summed E-state index contributed by atoms with van der Waals surface area (Å²) in [6.07, 6.45) is 1.56. The summed E-state index contributed by atoms with van der Waals surface area (Å²) in [4.78, 5) is 4.20. The first kappa shape index (κ1) is 13.3. The zero-order valence-corrected chi connectivity index (χ0v) is 11.3. The van der Waals surface area contributed by atoms with Gasteiger partial charge in [0.15, 0.2) is 5.60 Å². The molecular weight excluding hydrogens is 262 g/mol. The van der Waals surface area contributed by atoms with Crippen LogP contribution in [0, 0.1) is 0 Å². The van der Waals surface area contributed by atoms with E-state index in [1.807, 2.05) is 60.7 Å². The van der Waals surface area contributed by atoms with Crippen molar-refractivity contribution in [3.63, 3.8) is 0 Å². The number of hydrogen-bond acceptors (Lipinski definition) is 3. The summed E-state index contributed by atoms with van der Waals surface area (Å²) in [5.41, 5.74) is 0.0474. The van der Waals surface area contributed by atoms with Crippen molar-refractivity contribution < 1.29 is 10.2 Å². The minimum absolute atomic E-state index is 0.0345. The first-order valence-electron chi connectivity index (χ1n) is 6.71. The van der Waals surface area contributed by atoms with E-state index in [0.717, 1.165) is 0 Å². The zero-order valence-electron chi connectivity index (χ0n) is 11.3. The third-order valence-corrected chi connectivity index (χ3v) is 3.51. The number of pyridine rings is 1. The summed E-state index contributed by atoms with van der Waals surface area (Å²) in [5.74, 6) is -0.0345. The molecule has 2 N–H and O–H groups in total. The Morgan fingerprint density at radius 1 is 0.714 bits per heavy atom. The molecule has 3 nitrogen and oxygen atoms in total. The summed E-state index contributed by atoms with van der Waals surface area (Å²) in [5, 5.41) is 21.5. The van der Waals surface area contributed by atoms with Gasteiger partial charge in [-0.25, -0.2) is 0 Å². The topological polar surface area (TPSA) is 53.4 Å². The summed E-state index contributed by atoms with van der Waals surface area (Å²) >= 11 is 0. The summed E-state index contributed by atoms with van der Waals surface area (Å²) in [7, 11) is 0. The molecule has 104 valence electrons. The van der Waals surface area contributed by atoms with Crippen molar-refractivity contribution in [2.75, 3.05) is 0 Å². The van der Waals surface area contributed by atoms with Crippen LogP contribution in [0.5, 0.6) is 5.75 Å². The molecular formula is C18H15NO2. The highest BCUT2D eigenvalue weighted by atomic mass is 16.3. The number of aromatic nitrogens is 1. The van der Waals surface area contributed by atoms with Crippen molar-refractivity contribution in [1.82, 2.24) is 4.98 Å². The molecule has 3 aromatic rings. The van der Waals surface area contributed by atoms with Gasteiger partial charge in [-0.05, 0) is 23.3 Å². The predicted molar refractivity (Wildman–Crippen MR) is 80.9 cm³/mol. The van der Waals surface area contributed by atoms with Gasteiger partial charge in [-0.3, -0.25) is 4.98 Å². The van der Waals surface area contributed by atoms with Gasteiger partial charge >= 0.3 is 0 Å². The highest BCUT2D eigenvalue weighted by Gasteiger charge is 2.37. The van der Waals surface area contributed by atoms with Crippen LogP contribution in [-0.4, -0.2) is 15.2 Å². The van der Waals surface area contributed by atoms with Crippen LogP contribution in [0.25, 0.3) is 0 Å². The van der Waals surface area contributed by atoms with E-state index in [1.165, 1.54) is 6.07 Å². The van der Waals surface area contributed by atoms with Gasteiger partial charge in [0.1, 0.15) is 11.4 Å². The standard InChI is InChI=1S/C18H15NO2/c20-16-12-7-13-19-17(16)18(21,14-8-3-1-4-9-14)15-10-5-2-6-11-15/h1-13,20-21H. The second-order valence-electron chi connectivity index (χ2n) is 4.81. The Labute approximate surface area is 123 Å². The van der Waals surface area contributed by atoms with Crippen molar-refractivity contribution in [2.24, 2.45) is 0 Å². The van der Waals surface area contributed by atoms with E-state index in [-0.39, 0.29) is 11.4 Å². The fourth-order valence-electron chi connectivity index (χ4n) is 2.47. The van der Waals surface area contributed by atoms with Crippen molar-refractivity contribution >= 4 is 0 Å². The molecule has 0 spiro atoms. The molecule has 0 saturated heterocycles. The van der Waals surface area contributed by atoms with Gasteiger partial charge in [0, 0.05) is 6.20 Å². The van der Waals surface area contributed by atoms with E-state index in [1.54, 1.807) is 12.3 Å². The molecule has 3 heteroatoms. The fraction of sp³-hybridized carbons (Fsp3) is 0.0556. The van der Waals surface area contributed by atoms with E-state index in [0.29, 0.717) is 11.1 Å². The predicted octanol–water partition coefficient (Wildman–Crippen LogP) is 3.07. The normalized spacial score (nSPS) is 11.3. The van der Waals surface area contributed by atoms with Gasteiger partial charge < -0.3 is 10.2 Å². The van der Waals surface area contributed by atoms with E-state index < -0.39 is 5.60 Å². The zero-order chi connectivity index (χ0) is 14.7. The molecule has 0 aliphatic heterocycles. The second kappa shape index (κ2) is 5.38. The molecule has 0 atom stereocenters. The van der Waals surface area contributed by atoms with Gasteiger partial charge in [0.2, 0.25) is 0 Å². The van der Waals surface area contributed by atoms with E-state index >= 15 is 0 Å². The van der Waals surface area contributed by atoms with Crippen molar-refractivity contribution in [3.05, 3.63) is 95.8 Å². The first-order valence-corrected chi connectivity index (χ1v) is 6.71. The molecule has 0 unspecified atom stereocenters. The molecule has 0 fully saturated rings. The average molecular weight is 277 g/mol. The Morgan fingerprint density at radius 3 is 1.71 bits per heavy atom. The van der Waals surface area contributed by atoms with Crippen LogP contribution in [0.1, 0.15) is 16.8 Å². The maximum atomic E-state index is 11.4. The minimum atomic E-state index is -1.49. The van der Waals surface area contributed by atoms with Gasteiger partial charge in [-0.1, -0.05) is 60.7 Å². The van der Waals surface area contributed by atoms with Gasteiger partial charge in [-0.15, -0.1) is 0 Å². The summed E-state index contributed by atoms with van der Waals surface area (Å²) in [6, 6.07) is 21.6. The van der Waals surface area contributed by atoms with Crippen LogP contribution in [0.15, 0.2) is 79.0 Å². The SMILES string of the molecule is Oc1cccnc1C(O)(c1ccccc1)c1ccccc1. The van der Waals surface area contributed by atoms with Crippen LogP contribution < -0.4 is 0 Å². The van der Waals surface area contributed by atoms with Crippen LogP contribution in [-0.2, 0) is 5.60 Å². The minimum Gasteiger partial charge on any atom is -0.506 e. The summed E-state index contributed by atoms with van der Waals surface area (Å²) < 4.78 is 0. The van der Waals surface area contributed by atoms with Crippen LogP contribution in [0.3, 0.4) is 0 Å². The maximum absolute atomic E-state index is 11.4. The van der Waals surface area contributed by atoms with Crippen LogP contribution in [0.4, 0.5) is 0 Å². The lowest BCUT2D eigenvalue weighted by Crippen LogP contribution is -2.30. The highest BCUT2D eigenvalue weighted by molar-refractivity contribution is 5.48. The van der Waals surface area contributed by atoms with Crippen LogP contribution >= 0.6 is 0 Å². The second-order valence-corrected chi connectivity index (χ2v) is 4.81. The smallest absolute Gasteiger partial charge is 0.161 e. The molecule has 0 aliphatic rings. The average Bonchev–Trinajstić information content (AvgIpc) is 2.56. The number of hydrogen-bond donors (Lipinski definition) is 2. The molecule has 0 amide bonds. The largest absolute Gasteiger partial charge is 0.506 e. The van der Waals surface area contributed by atoms with E-state index in [2.05, 4.69) is 4.98 Å². The maximum Gasteiger partial charge on any atom is 0.161 e. The quantitative estimate of drug-likeness (QED) is 0.773. The number of nitrogens with zero attached hydrogens (tertiary/aromatic N) is 1. The lowest BCUT2D eigenvalue weighted by Gasteiger charge is -2.29. The Balaban J connectivity index is 2.29. The molecule has 0 aliphatic carbocycles.